The van der Waals surface area contributed by atoms with Gasteiger partial charge in [0.15, 0.2) is 0 Å². The van der Waals surface area contributed by atoms with Gasteiger partial charge in [-0.2, -0.15) is 16.9 Å². The highest BCUT2D eigenvalue weighted by molar-refractivity contribution is 9.10. The SMILES string of the molecule is CCCNC(=O)Cn1nc2c(c1NC(=O)c1cccc(Br)c1)CSC2. The lowest BCUT2D eigenvalue weighted by Gasteiger charge is -2.11. The molecule has 0 bridgehead atoms. The van der Waals surface area contributed by atoms with E-state index < -0.39 is 0 Å². The number of carbonyl (C=O) groups is 2. The van der Waals surface area contributed by atoms with Crippen molar-refractivity contribution < 1.29 is 9.59 Å². The molecule has 0 fully saturated rings. The second-order valence-corrected chi connectivity index (χ2v) is 7.64. The third-order valence-corrected chi connectivity index (χ3v) is 5.27. The zero-order valence-corrected chi connectivity index (χ0v) is 16.2. The van der Waals surface area contributed by atoms with Crippen LogP contribution in [-0.2, 0) is 22.8 Å². The molecular formula is C17H19BrN4O2S. The molecule has 2 N–H and O–H groups in total. The number of nitrogens with zero attached hydrogens (tertiary/aromatic N) is 2. The van der Waals surface area contributed by atoms with Crippen molar-refractivity contribution >= 4 is 45.3 Å². The number of hydrogen-bond donors (Lipinski definition) is 2. The third kappa shape index (κ3) is 4.24. The van der Waals surface area contributed by atoms with Crippen molar-refractivity contribution in [2.45, 2.75) is 31.4 Å². The molecular weight excluding hydrogens is 404 g/mol. The van der Waals surface area contributed by atoms with Crippen LogP contribution < -0.4 is 10.6 Å². The van der Waals surface area contributed by atoms with Crippen molar-refractivity contribution in [3.8, 4) is 0 Å². The lowest BCUT2D eigenvalue weighted by molar-refractivity contribution is -0.121. The van der Waals surface area contributed by atoms with Crippen LogP contribution >= 0.6 is 27.7 Å². The van der Waals surface area contributed by atoms with Crippen molar-refractivity contribution in [3.63, 3.8) is 0 Å². The Morgan fingerprint density at radius 2 is 2.20 bits per heavy atom. The number of hydrogen-bond acceptors (Lipinski definition) is 4. The summed E-state index contributed by atoms with van der Waals surface area (Å²) < 4.78 is 2.44. The lowest BCUT2D eigenvalue weighted by Crippen LogP contribution is -2.29. The zero-order chi connectivity index (χ0) is 17.8. The summed E-state index contributed by atoms with van der Waals surface area (Å²) in [5, 5.41) is 10.3. The van der Waals surface area contributed by atoms with Gasteiger partial charge in [-0.25, -0.2) is 4.68 Å². The summed E-state index contributed by atoms with van der Waals surface area (Å²) in [4.78, 5) is 24.6. The second-order valence-electron chi connectivity index (χ2n) is 5.74. The van der Waals surface area contributed by atoms with Crippen LogP contribution in [0.25, 0.3) is 0 Å². The maximum absolute atomic E-state index is 12.6. The molecule has 0 spiro atoms. The Hall–Kier alpha value is -1.80. The van der Waals surface area contributed by atoms with E-state index >= 15 is 0 Å². The average Bonchev–Trinajstić information content (AvgIpc) is 3.16. The number of rotatable bonds is 6. The Morgan fingerprint density at radius 3 is 2.96 bits per heavy atom. The molecule has 0 saturated carbocycles. The minimum absolute atomic E-state index is 0.103. The fourth-order valence-corrected chi connectivity index (χ4v) is 4.02. The summed E-state index contributed by atoms with van der Waals surface area (Å²) in [6.07, 6.45) is 0.879. The van der Waals surface area contributed by atoms with E-state index in [0.29, 0.717) is 17.9 Å². The van der Waals surface area contributed by atoms with Crippen molar-refractivity contribution in [2.75, 3.05) is 11.9 Å². The first-order valence-corrected chi connectivity index (χ1v) is 10.0. The highest BCUT2D eigenvalue weighted by Crippen LogP contribution is 2.34. The molecule has 6 nitrogen and oxygen atoms in total. The fourth-order valence-electron chi connectivity index (χ4n) is 2.59. The third-order valence-electron chi connectivity index (χ3n) is 3.80. The van der Waals surface area contributed by atoms with Gasteiger partial charge in [0.05, 0.1) is 5.69 Å². The van der Waals surface area contributed by atoms with Gasteiger partial charge in [-0.1, -0.05) is 28.9 Å². The molecule has 25 heavy (non-hydrogen) atoms. The largest absolute Gasteiger partial charge is 0.355 e. The van der Waals surface area contributed by atoms with E-state index in [0.717, 1.165) is 33.7 Å². The Balaban J connectivity index is 1.82. The maximum Gasteiger partial charge on any atom is 0.256 e. The van der Waals surface area contributed by atoms with Gasteiger partial charge in [0, 0.05) is 33.7 Å². The molecule has 1 aliphatic heterocycles. The van der Waals surface area contributed by atoms with Crippen LogP contribution in [0.4, 0.5) is 5.82 Å². The van der Waals surface area contributed by atoms with Crippen LogP contribution in [0.2, 0.25) is 0 Å². The molecule has 0 aliphatic carbocycles. The van der Waals surface area contributed by atoms with Gasteiger partial charge in [-0.15, -0.1) is 0 Å². The van der Waals surface area contributed by atoms with Crippen molar-refractivity contribution in [1.82, 2.24) is 15.1 Å². The fraction of sp³-hybridized carbons (Fsp3) is 0.353. The summed E-state index contributed by atoms with van der Waals surface area (Å²) in [6.45, 7) is 2.74. The average molecular weight is 423 g/mol. The van der Waals surface area contributed by atoms with E-state index in [9.17, 15) is 9.59 Å². The summed E-state index contributed by atoms with van der Waals surface area (Å²) in [6, 6.07) is 7.20. The Bertz CT molecular complexity index is 806. The molecule has 0 radical (unpaired) electrons. The van der Waals surface area contributed by atoms with E-state index in [1.165, 1.54) is 0 Å². The molecule has 1 aromatic carbocycles. The van der Waals surface area contributed by atoms with Crippen LogP contribution in [0, 0.1) is 0 Å². The molecule has 2 aromatic rings. The van der Waals surface area contributed by atoms with Crippen molar-refractivity contribution in [2.24, 2.45) is 0 Å². The van der Waals surface area contributed by atoms with E-state index in [-0.39, 0.29) is 18.4 Å². The number of amides is 2. The van der Waals surface area contributed by atoms with Crippen LogP contribution in [-0.4, -0.2) is 28.1 Å². The van der Waals surface area contributed by atoms with Gasteiger partial charge < -0.3 is 10.6 Å². The predicted octanol–water partition coefficient (Wildman–Crippen LogP) is 3.17. The first kappa shape index (κ1) is 18.0. The molecule has 2 heterocycles. The molecule has 0 atom stereocenters. The van der Waals surface area contributed by atoms with Gasteiger partial charge in [0.25, 0.3) is 5.91 Å². The van der Waals surface area contributed by atoms with Crippen molar-refractivity contribution in [3.05, 3.63) is 45.6 Å². The number of carbonyl (C=O) groups excluding carboxylic acids is 2. The highest BCUT2D eigenvalue weighted by atomic mass is 79.9. The Labute approximate surface area is 158 Å². The number of anilines is 1. The van der Waals surface area contributed by atoms with Crippen LogP contribution in [0.3, 0.4) is 0 Å². The summed E-state index contributed by atoms with van der Waals surface area (Å²) >= 11 is 5.13. The second kappa shape index (κ2) is 8.05. The normalized spacial score (nSPS) is 12.7. The molecule has 1 aliphatic rings. The maximum atomic E-state index is 12.6. The van der Waals surface area contributed by atoms with Crippen LogP contribution in [0.15, 0.2) is 28.7 Å². The van der Waals surface area contributed by atoms with Gasteiger partial charge in [0.2, 0.25) is 5.91 Å². The molecule has 132 valence electrons. The topological polar surface area (TPSA) is 76.0 Å². The van der Waals surface area contributed by atoms with Crippen molar-refractivity contribution in [1.29, 1.82) is 0 Å². The quantitative estimate of drug-likeness (QED) is 0.749. The predicted molar refractivity (Wildman–Crippen MR) is 103 cm³/mol. The number of halogens is 1. The minimum Gasteiger partial charge on any atom is -0.355 e. The Kier molecular flexibility index (Phi) is 5.80. The summed E-state index contributed by atoms with van der Waals surface area (Å²) in [5.41, 5.74) is 2.51. The van der Waals surface area contributed by atoms with Gasteiger partial charge in [-0.3, -0.25) is 9.59 Å². The standard InChI is InChI=1S/C17H19BrN4O2S/c1-2-6-19-15(23)8-22-16(13-9-25-10-14(13)21-22)20-17(24)11-4-3-5-12(18)7-11/h3-5,7H,2,6,8-10H2,1H3,(H,19,23)(H,20,24). The summed E-state index contributed by atoms with van der Waals surface area (Å²) in [7, 11) is 0. The molecule has 0 unspecified atom stereocenters. The Morgan fingerprint density at radius 1 is 1.36 bits per heavy atom. The van der Waals surface area contributed by atoms with Crippen LogP contribution in [0.5, 0.6) is 0 Å². The number of fused-ring (bicyclic) bond motifs is 1. The van der Waals surface area contributed by atoms with Gasteiger partial charge >= 0.3 is 0 Å². The number of benzene rings is 1. The van der Waals surface area contributed by atoms with Gasteiger partial charge in [0.1, 0.15) is 12.4 Å². The molecule has 2 amide bonds. The first-order chi connectivity index (χ1) is 12.1. The summed E-state index contributed by atoms with van der Waals surface area (Å²) in [5.74, 6) is 1.90. The minimum atomic E-state index is -0.212. The lowest BCUT2D eigenvalue weighted by atomic mass is 10.2. The van der Waals surface area contributed by atoms with E-state index in [1.54, 1.807) is 28.6 Å². The number of aromatic nitrogens is 2. The van der Waals surface area contributed by atoms with Crippen LogP contribution in [0.1, 0.15) is 35.0 Å². The van der Waals surface area contributed by atoms with E-state index in [2.05, 4.69) is 31.7 Å². The van der Waals surface area contributed by atoms with E-state index in [4.69, 9.17) is 0 Å². The van der Waals surface area contributed by atoms with Gasteiger partial charge in [-0.05, 0) is 24.6 Å². The molecule has 1 aromatic heterocycles. The molecule has 0 saturated heterocycles. The molecule has 3 rings (SSSR count). The van der Waals surface area contributed by atoms with E-state index in [1.807, 2.05) is 19.1 Å². The number of thioether (sulfide) groups is 1. The number of nitrogens with one attached hydrogen (secondary N) is 2. The first-order valence-electron chi connectivity index (χ1n) is 8.08. The monoisotopic (exact) mass is 422 g/mol. The molecule has 8 heteroatoms. The highest BCUT2D eigenvalue weighted by Gasteiger charge is 2.25. The smallest absolute Gasteiger partial charge is 0.256 e. The zero-order valence-electron chi connectivity index (χ0n) is 13.8.